The zero-order valence-electron chi connectivity index (χ0n) is 17.6. The summed E-state index contributed by atoms with van der Waals surface area (Å²) in [6.07, 6.45) is 1.83. The number of anilines is 1. The van der Waals surface area contributed by atoms with E-state index in [0.717, 1.165) is 35.5 Å². The van der Waals surface area contributed by atoms with Gasteiger partial charge < -0.3 is 15.5 Å². The molecule has 1 aliphatic rings. The molecule has 0 radical (unpaired) electrons. The third-order valence-electron chi connectivity index (χ3n) is 5.66. The molecule has 1 aromatic heterocycles. The first kappa shape index (κ1) is 20.1. The number of benzene rings is 2. The second-order valence-corrected chi connectivity index (χ2v) is 8.04. The van der Waals surface area contributed by atoms with Crippen LogP contribution in [0.1, 0.15) is 19.4 Å². The first-order valence-corrected chi connectivity index (χ1v) is 10.3. The second-order valence-electron chi connectivity index (χ2n) is 8.04. The summed E-state index contributed by atoms with van der Waals surface area (Å²) in [4.78, 5) is 18.1. The predicted molar refractivity (Wildman–Crippen MR) is 120 cm³/mol. The largest absolute Gasteiger partial charge is 0.369 e. The van der Waals surface area contributed by atoms with Gasteiger partial charge in [-0.3, -0.25) is 4.98 Å². The smallest absolute Gasteiger partial charge is 0.196 e. The summed E-state index contributed by atoms with van der Waals surface area (Å²) in [7, 11) is 0. The number of hydrogen-bond acceptors (Lipinski definition) is 4. The van der Waals surface area contributed by atoms with Gasteiger partial charge in [-0.05, 0) is 36.6 Å². The summed E-state index contributed by atoms with van der Waals surface area (Å²) in [6.45, 7) is 8.33. The molecule has 1 aliphatic heterocycles. The van der Waals surface area contributed by atoms with Crippen molar-refractivity contribution in [3.63, 3.8) is 0 Å². The highest BCUT2D eigenvalue weighted by molar-refractivity contribution is 5.82. The van der Waals surface area contributed by atoms with Crippen molar-refractivity contribution in [1.29, 1.82) is 0 Å². The van der Waals surface area contributed by atoms with Gasteiger partial charge >= 0.3 is 0 Å². The fraction of sp³-hybridized carbons (Fsp3) is 0.348. The van der Waals surface area contributed by atoms with Crippen molar-refractivity contribution in [3.8, 4) is 0 Å². The molecule has 0 saturated carbocycles. The minimum Gasteiger partial charge on any atom is -0.369 e. The summed E-state index contributed by atoms with van der Waals surface area (Å²) in [6, 6.07) is 12.9. The summed E-state index contributed by atoms with van der Waals surface area (Å²) in [5.74, 6) is 1.19. The number of nitrogens with two attached hydrogens (primary N) is 1. The number of aliphatic imine (C=N–C) groups is 1. The van der Waals surface area contributed by atoms with E-state index in [2.05, 4.69) is 33.6 Å². The molecule has 0 bridgehead atoms. The number of hydrogen-bond donors (Lipinski definition) is 1. The van der Waals surface area contributed by atoms with Crippen LogP contribution < -0.4 is 10.6 Å². The zero-order valence-corrected chi connectivity index (χ0v) is 17.6. The summed E-state index contributed by atoms with van der Waals surface area (Å²) < 4.78 is 14.2. The van der Waals surface area contributed by atoms with E-state index in [0.29, 0.717) is 24.1 Å². The van der Waals surface area contributed by atoms with Gasteiger partial charge in [-0.1, -0.05) is 38.1 Å². The molecule has 156 valence electrons. The first-order chi connectivity index (χ1) is 14.4. The van der Waals surface area contributed by atoms with Gasteiger partial charge in [-0.25, -0.2) is 14.4 Å². The third kappa shape index (κ3) is 3.92. The Kier molecular flexibility index (Phi) is 5.53. The SMILES string of the molecule is Cc1cccc(F)c1N=C(N)N1CCN(c2cnc3ccccc3n2)CC1C(C)C. The number of aryl methyl sites for hydroxylation is 1. The molecule has 0 spiro atoms. The Labute approximate surface area is 176 Å². The topological polar surface area (TPSA) is 70.6 Å². The Morgan fingerprint density at radius 3 is 2.63 bits per heavy atom. The monoisotopic (exact) mass is 406 g/mol. The maximum atomic E-state index is 14.2. The molecule has 30 heavy (non-hydrogen) atoms. The zero-order chi connectivity index (χ0) is 21.3. The van der Waals surface area contributed by atoms with Crippen molar-refractivity contribution in [2.75, 3.05) is 24.5 Å². The lowest BCUT2D eigenvalue weighted by molar-refractivity contribution is 0.222. The van der Waals surface area contributed by atoms with Gasteiger partial charge in [0.1, 0.15) is 17.3 Å². The molecule has 0 amide bonds. The molecule has 1 unspecified atom stereocenters. The normalized spacial score (nSPS) is 17.8. The van der Waals surface area contributed by atoms with Crippen LogP contribution in [0.15, 0.2) is 53.7 Å². The fourth-order valence-electron chi connectivity index (χ4n) is 3.92. The summed E-state index contributed by atoms with van der Waals surface area (Å²) in [5.41, 5.74) is 9.21. The van der Waals surface area contributed by atoms with E-state index in [1.54, 1.807) is 6.07 Å². The maximum Gasteiger partial charge on any atom is 0.196 e. The number of halogens is 1. The molecule has 2 aromatic carbocycles. The lowest BCUT2D eigenvalue weighted by Crippen LogP contribution is -2.59. The van der Waals surface area contributed by atoms with E-state index in [1.165, 1.54) is 6.07 Å². The number of fused-ring (bicyclic) bond motifs is 1. The van der Waals surface area contributed by atoms with Crippen LogP contribution >= 0.6 is 0 Å². The van der Waals surface area contributed by atoms with E-state index in [9.17, 15) is 4.39 Å². The van der Waals surface area contributed by atoms with Gasteiger partial charge in [0.2, 0.25) is 0 Å². The van der Waals surface area contributed by atoms with Crippen LogP contribution in [0.5, 0.6) is 0 Å². The number of guanidine groups is 1. The molecule has 2 heterocycles. The second kappa shape index (κ2) is 8.26. The van der Waals surface area contributed by atoms with Gasteiger partial charge in [-0.2, -0.15) is 0 Å². The standard InChI is InChI=1S/C23H27FN6/c1-15(2)20-14-29(21-13-26-18-9-4-5-10-19(18)27-21)11-12-30(20)23(25)28-22-16(3)7-6-8-17(22)24/h4-10,13,15,20H,11-12,14H2,1-3H3,(H2,25,28). The van der Waals surface area contributed by atoms with Crippen molar-refractivity contribution in [1.82, 2.24) is 14.9 Å². The highest BCUT2D eigenvalue weighted by Crippen LogP contribution is 2.26. The Morgan fingerprint density at radius 1 is 1.13 bits per heavy atom. The van der Waals surface area contributed by atoms with E-state index in [4.69, 9.17) is 10.7 Å². The van der Waals surface area contributed by atoms with Gasteiger partial charge in [-0.15, -0.1) is 0 Å². The Balaban J connectivity index is 1.59. The summed E-state index contributed by atoms with van der Waals surface area (Å²) in [5, 5.41) is 0. The van der Waals surface area contributed by atoms with Crippen LogP contribution in [0, 0.1) is 18.7 Å². The van der Waals surface area contributed by atoms with Crippen LogP contribution in [-0.4, -0.2) is 46.5 Å². The van der Waals surface area contributed by atoms with Crippen LogP contribution in [0.2, 0.25) is 0 Å². The van der Waals surface area contributed by atoms with E-state index >= 15 is 0 Å². The Hall–Kier alpha value is -3.22. The predicted octanol–water partition coefficient (Wildman–Crippen LogP) is 3.87. The molecule has 0 aliphatic carbocycles. The molecule has 7 heteroatoms. The molecule has 3 aromatic rings. The summed E-state index contributed by atoms with van der Waals surface area (Å²) >= 11 is 0. The molecule has 1 saturated heterocycles. The van der Waals surface area contributed by atoms with Crippen LogP contribution in [0.3, 0.4) is 0 Å². The Morgan fingerprint density at radius 2 is 1.90 bits per heavy atom. The Bertz CT molecular complexity index is 1060. The van der Waals surface area contributed by atoms with Crippen LogP contribution in [0.25, 0.3) is 11.0 Å². The lowest BCUT2D eigenvalue weighted by atomic mass is 10.00. The van der Waals surface area contributed by atoms with Crippen molar-refractivity contribution in [2.45, 2.75) is 26.8 Å². The van der Waals surface area contributed by atoms with Gasteiger partial charge in [0.15, 0.2) is 5.96 Å². The average Bonchev–Trinajstić information content (AvgIpc) is 2.75. The minimum absolute atomic E-state index is 0.128. The average molecular weight is 407 g/mol. The number of rotatable bonds is 3. The van der Waals surface area contributed by atoms with Crippen molar-refractivity contribution >= 4 is 28.5 Å². The highest BCUT2D eigenvalue weighted by atomic mass is 19.1. The third-order valence-corrected chi connectivity index (χ3v) is 5.66. The van der Waals surface area contributed by atoms with Crippen molar-refractivity contribution in [3.05, 3.63) is 60.0 Å². The van der Waals surface area contributed by atoms with Gasteiger partial charge in [0, 0.05) is 19.6 Å². The van der Waals surface area contributed by atoms with E-state index < -0.39 is 0 Å². The van der Waals surface area contributed by atoms with Crippen LogP contribution in [0.4, 0.5) is 15.9 Å². The van der Waals surface area contributed by atoms with Crippen molar-refractivity contribution in [2.24, 2.45) is 16.6 Å². The highest BCUT2D eigenvalue weighted by Gasteiger charge is 2.31. The van der Waals surface area contributed by atoms with E-state index in [-0.39, 0.29) is 11.9 Å². The molecular weight excluding hydrogens is 379 g/mol. The minimum atomic E-state index is -0.357. The number of aromatic nitrogens is 2. The molecule has 2 N–H and O–H groups in total. The quantitative estimate of drug-likeness (QED) is 0.528. The molecule has 6 nitrogen and oxygen atoms in total. The molecule has 1 fully saturated rings. The van der Waals surface area contributed by atoms with Gasteiger partial charge in [0.25, 0.3) is 0 Å². The number of piperazine rings is 1. The van der Waals surface area contributed by atoms with Crippen molar-refractivity contribution < 1.29 is 4.39 Å². The number of para-hydroxylation sites is 3. The molecule has 1 atom stereocenters. The fourth-order valence-corrected chi connectivity index (χ4v) is 3.92. The van der Waals surface area contributed by atoms with E-state index in [1.807, 2.05) is 43.5 Å². The van der Waals surface area contributed by atoms with Gasteiger partial charge in [0.05, 0.1) is 23.3 Å². The lowest BCUT2D eigenvalue weighted by Gasteiger charge is -2.44. The number of nitrogens with zero attached hydrogens (tertiary/aromatic N) is 5. The maximum absolute atomic E-state index is 14.2. The molecule has 4 rings (SSSR count). The first-order valence-electron chi connectivity index (χ1n) is 10.3. The molecular formula is C23H27FN6. The van der Waals surface area contributed by atoms with Crippen LogP contribution in [-0.2, 0) is 0 Å².